The molecule has 1 N–H and O–H groups in total. The molecule has 2 rings (SSSR count). The molecule has 0 saturated carbocycles. The number of carbonyl (C=O) groups is 1. The molecule has 0 atom stereocenters. The van der Waals surface area contributed by atoms with Crippen molar-refractivity contribution in [2.75, 3.05) is 6.54 Å². The smallest absolute Gasteiger partial charge is 0.176 e. The van der Waals surface area contributed by atoms with Crippen LogP contribution < -0.4 is 5.32 Å². The molecule has 0 spiro atoms. The molecule has 0 heterocycles. The fraction of sp³-hybridized carbons (Fsp3) is 0.133. The second-order valence-corrected chi connectivity index (χ2v) is 5.08. The van der Waals surface area contributed by atoms with Crippen LogP contribution in [-0.4, -0.2) is 12.3 Å². The van der Waals surface area contributed by atoms with E-state index in [9.17, 15) is 9.18 Å². The van der Waals surface area contributed by atoms with E-state index in [1.807, 2.05) is 24.3 Å². The van der Waals surface area contributed by atoms with Crippen molar-refractivity contribution in [3.05, 3.63) is 69.9 Å². The van der Waals surface area contributed by atoms with Gasteiger partial charge in [-0.15, -0.1) is 0 Å². The summed E-state index contributed by atoms with van der Waals surface area (Å²) in [5.41, 5.74) is 1.62. The summed E-state index contributed by atoms with van der Waals surface area (Å²) in [4.78, 5) is 11.8. The van der Waals surface area contributed by atoms with Gasteiger partial charge in [0.2, 0.25) is 0 Å². The molecule has 19 heavy (non-hydrogen) atoms. The number of hydrogen-bond acceptors (Lipinski definition) is 2. The summed E-state index contributed by atoms with van der Waals surface area (Å²) in [5.74, 6) is -0.378. The van der Waals surface area contributed by atoms with Crippen molar-refractivity contribution in [2.45, 2.75) is 6.54 Å². The predicted octanol–water partition coefficient (Wildman–Crippen LogP) is 3.56. The Morgan fingerprint density at radius 3 is 2.32 bits per heavy atom. The van der Waals surface area contributed by atoms with E-state index in [4.69, 9.17) is 0 Å². The largest absolute Gasteiger partial charge is 0.306 e. The minimum Gasteiger partial charge on any atom is -0.306 e. The molecule has 0 amide bonds. The quantitative estimate of drug-likeness (QED) is 0.853. The molecular formula is C15H13BrFNO. The predicted molar refractivity (Wildman–Crippen MR) is 76.6 cm³/mol. The van der Waals surface area contributed by atoms with E-state index in [-0.39, 0.29) is 18.1 Å². The molecule has 2 aromatic rings. The van der Waals surface area contributed by atoms with Gasteiger partial charge in [0.05, 0.1) is 6.54 Å². The van der Waals surface area contributed by atoms with Gasteiger partial charge in [-0.2, -0.15) is 0 Å². The Morgan fingerprint density at radius 1 is 1.05 bits per heavy atom. The lowest BCUT2D eigenvalue weighted by Gasteiger charge is -2.05. The van der Waals surface area contributed by atoms with Crippen LogP contribution in [0.1, 0.15) is 15.9 Å². The highest BCUT2D eigenvalue weighted by Crippen LogP contribution is 2.10. The van der Waals surface area contributed by atoms with E-state index >= 15 is 0 Å². The first-order chi connectivity index (χ1) is 9.15. The van der Waals surface area contributed by atoms with E-state index in [0.29, 0.717) is 12.1 Å². The molecule has 4 heteroatoms. The summed E-state index contributed by atoms with van der Waals surface area (Å²) in [6, 6.07) is 13.5. The van der Waals surface area contributed by atoms with Gasteiger partial charge in [0.15, 0.2) is 5.78 Å². The molecule has 0 aliphatic rings. The Kier molecular flexibility index (Phi) is 4.82. The van der Waals surface area contributed by atoms with E-state index in [2.05, 4.69) is 21.2 Å². The molecule has 2 aromatic carbocycles. The van der Waals surface area contributed by atoms with Gasteiger partial charge in [0.25, 0.3) is 0 Å². The van der Waals surface area contributed by atoms with Crippen LogP contribution in [0.3, 0.4) is 0 Å². The lowest BCUT2D eigenvalue weighted by molar-refractivity contribution is 0.0991. The molecule has 2 nitrogen and oxygen atoms in total. The summed E-state index contributed by atoms with van der Waals surface area (Å²) in [7, 11) is 0. The van der Waals surface area contributed by atoms with Crippen LogP contribution in [0.25, 0.3) is 0 Å². The standard InChI is InChI=1S/C15H13BrFNO/c16-13-5-1-11(2-6-13)9-18-10-15(19)12-3-7-14(17)8-4-12/h1-8,18H,9-10H2. The van der Waals surface area contributed by atoms with Gasteiger partial charge in [-0.1, -0.05) is 28.1 Å². The summed E-state index contributed by atoms with van der Waals surface area (Å²) in [5, 5.41) is 3.08. The van der Waals surface area contributed by atoms with Crippen LogP contribution in [-0.2, 0) is 6.54 Å². The molecule has 0 aromatic heterocycles. The lowest BCUT2D eigenvalue weighted by Crippen LogP contribution is -2.22. The molecule has 0 fully saturated rings. The molecular weight excluding hydrogens is 309 g/mol. The van der Waals surface area contributed by atoms with E-state index in [1.165, 1.54) is 24.3 Å². The summed E-state index contributed by atoms with van der Waals surface area (Å²) in [6.07, 6.45) is 0. The SMILES string of the molecule is O=C(CNCc1ccc(Br)cc1)c1ccc(F)cc1. The zero-order valence-corrected chi connectivity index (χ0v) is 11.8. The number of hydrogen-bond donors (Lipinski definition) is 1. The van der Waals surface area contributed by atoms with Crippen molar-refractivity contribution < 1.29 is 9.18 Å². The highest BCUT2D eigenvalue weighted by Gasteiger charge is 2.05. The first-order valence-electron chi connectivity index (χ1n) is 5.89. The Morgan fingerprint density at radius 2 is 1.68 bits per heavy atom. The van der Waals surface area contributed by atoms with Crippen LogP contribution in [0.2, 0.25) is 0 Å². The van der Waals surface area contributed by atoms with Crippen molar-refractivity contribution in [1.82, 2.24) is 5.32 Å². The van der Waals surface area contributed by atoms with E-state index < -0.39 is 0 Å². The van der Waals surface area contributed by atoms with Gasteiger partial charge in [-0.3, -0.25) is 4.79 Å². The third-order valence-electron chi connectivity index (χ3n) is 2.69. The van der Waals surface area contributed by atoms with Crippen molar-refractivity contribution in [3.63, 3.8) is 0 Å². The van der Waals surface area contributed by atoms with Gasteiger partial charge in [-0.05, 0) is 42.0 Å². The van der Waals surface area contributed by atoms with Gasteiger partial charge in [0, 0.05) is 16.6 Å². The van der Waals surface area contributed by atoms with Gasteiger partial charge in [0.1, 0.15) is 5.82 Å². The minimum atomic E-state index is -0.334. The van der Waals surface area contributed by atoms with E-state index in [1.54, 1.807) is 0 Å². The lowest BCUT2D eigenvalue weighted by atomic mass is 10.1. The maximum Gasteiger partial charge on any atom is 0.176 e. The number of ketones is 1. The Hall–Kier alpha value is -1.52. The maximum atomic E-state index is 12.7. The van der Waals surface area contributed by atoms with Gasteiger partial charge < -0.3 is 5.32 Å². The maximum absolute atomic E-state index is 12.7. The number of Topliss-reactive ketones (excluding diaryl/α,β-unsaturated/α-hetero) is 1. The van der Waals surface area contributed by atoms with Crippen LogP contribution >= 0.6 is 15.9 Å². The third-order valence-corrected chi connectivity index (χ3v) is 3.22. The second kappa shape index (κ2) is 6.59. The number of carbonyl (C=O) groups excluding carboxylic acids is 1. The molecule has 0 bridgehead atoms. The summed E-state index contributed by atoms with van der Waals surface area (Å²) >= 11 is 3.37. The monoisotopic (exact) mass is 321 g/mol. The number of nitrogens with one attached hydrogen (secondary N) is 1. The van der Waals surface area contributed by atoms with Gasteiger partial charge >= 0.3 is 0 Å². The molecule has 0 unspecified atom stereocenters. The highest BCUT2D eigenvalue weighted by atomic mass is 79.9. The van der Waals surface area contributed by atoms with Crippen molar-refractivity contribution in [2.24, 2.45) is 0 Å². The number of rotatable bonds is 5. The Labute approximate surface area is 119 Å². The topological polar surface area (TPSA) is 29.1 Å². The van der Waals surface area contributed by atoms with E-state index in [0.717, 1.165) is 10.0 Å². The van der Waals surface area contributed by atoms with Gasteiger partial charge in [-0.25, -0.2) is 4.39 Å². The molecule has 98 valence electrons. The third kappa shape index (κ3) is 4.26. The van der Waals surface area contributed by atoms with Crippen molar-refractivity contribution in [3.8, 4) is 0 Å². The Bertz CT molecular complexity index is 551. The molecule has 0 aliphatic heterocycles. The molecule has 0 radical (unpaired) electrons. The first-order valence-corrected chi connectivity index (χ1v) is 6.68. The molecule has 0 aliphatic carbocycles. The van der Waals surface area contributed by atoms with Crippen LogP contribution in [0, 0.1) is 5.82 Å². The van der Waals surface area contributed by atoms with Crippen LogP contribution in [0.4, 0.5) is 4.39 Å². The zero-order chi connectivity index (χ0) is 13.7. The number of benzene rings is 2. The molecule has 0 saturated heterocycles. The van der Waals surface area contributed by atoms with Crippen molar-refractivity contribution >= 4 is 21.7 Å². The minimum absolute atomic E-state index is 0.0443. The second-order valence-electron chi connectivity index (χ2n) is 4.16. The average molecular weight is 322 g/mol. The highest BCUT2D eigenvalue weighted by molar-refractivity contribution is 9.10. The fourth-order valence-corrected chi connectivity index (χ4v) is 1.92. The first kappa shape index (κ1) is 13.9. The normalized spacial score (nSPS) is 10.4. The Balaban J connectivity index is 1.84. The van der Waals surface area contributed by atoms with Crippen LogP contribution in [0.15, 0.2) is 53.0 Å². The van der Waals surface area contributed by atoms with Crippen LogP contribution in [0.5, 0.6) is 0 Å². The number of halogens is 2. The average Bonchev–Trinajstić information content (AvgIpc) is 2.41. The fourth-order valence-electron chi connectivity index (χ4n) is 1.66. The summed E-state index contributed by atoms with van der Waals surface area (Å²) < 4.78 is 13.8. The van der Waals surface area contributed by atoms with Crippen molar-refractivity contribution in [1.29, 1.82) is 0 Å². The summed E-state index contributed by atoms with van der Waals surface area (Å²) in [6.45, 7) is 0.863. The zero-order valence-electron chi connectivity index (χ0n) is 10.2.